The van der Waals surface area contributed by atoms with Crippen LogP contribution in [0.15, 0.2) is 59.6 Å². The Bertz CT molecular complexity index is 823. The summed E-state index contributed by atoms with van der Waals surface area (Å²) >= 11 is 6.23. The fourth-order valence-corrected chi connectivity index (χ4v) is 3.48. The lowest BCUT2D eigenvalue weighted by molar-refractivity contribution is -0.136. The molecule has 1 unspecified atom stereocenters. The summed E-state index contributed by atoms with van der Waals surface area (Å²) in [6.45, 7) is 3.42. The van der Waals surface area contributed by atoms with Gasteiger partial charge in [0.1, 0.15) is 0 Å². The van der Waals surface area contributed by atoms with Crippen molar-refractivity contribution in [3.63, 3.8) is 0 Å². The zero-order valence-electron chi connectivity index (χ0n) is 16.6. The van der Waals surface area contributed by atoms with E-state index in [-0.39, 0.29) is 11.8 Å². The number of hydrogen-bond acceptors (Lipinski definition) is 3. The second kappa shape index (κ2) is 10.8. The van der Waals surface area contributed by atoms with Crippen LogP contribution in [0.5, 0.6) is 0 Å². The fraction of sp³-hybridized carbons (Fsp3) is 0.364. The predicted molar refractivity (Wildman–Crippen MR) is 116 cm³/mol. The SMILES string of the molecule is CN=C(NCc1ccccc1Cl)NCC(C(=O)N1CCOCC1)c1ccccc1. The largest absolute Gasteiger partial charge is 0.378 e. The average molecular weight is 415 g/mol. The normalized spacial score (nSPS) is 15.7. The number of amides is 1. The quantitative estimate of drug-likeness (QED) is 0.563. The number of halogens is 1. The van der Waals surface area contributed by atoms with Crippen LogP contribution in [-0.2, 0) is 16.1 Å². The van der Waals surface area contributed by atoms with Crippen molar-refractivity contribution >= 4 is 23.5 Å². The molecule has 0 aromatic heterocycles. The van der Waals surface area contributed by atoms with Crippen molar-refractivity contribution in [1.82, 2.24) is 15.5 Å². The number of carbonyl (C=O) groups is 1. The van der Waals surface area contributed by atoms with Gasteiger partial charge in [-0.1, -0.05) is 60.1 Å². The highest BCUT2D eigenvalue weighted by Crippen LogP contribution is 2.19. The molecule has 1 amide bonds. The molecule has 2 N–H and O–H groups in total. The van der Waals surface area contributed by atoms with Gasteiger partial charge in [0.25, 0.3) is 0 Å². The van der Waals surface area contributed by atoms with E-state index in [1.54, 1.807) is 7.05 Å². The van der Waals surface area contributed by atoms with E-state index >= 15 is 0 Å². The molecule has 6 nitrogen and oxygen atoms in total. The van der Waals surface area contributed by atoms with Crippen LogP contribution in [0, 0.1) is 0 Å². The number of aliphatic imine (C=N–C) groups is 1. The first-order valence-corrected chi connectivity index (χ1v) is 10.2. The van der Waals surface area contributed by atoms with E-state index in [1.807, 2.05) is 59.5 Å². The molecule has 1 fully saturated rings. The highest BCUT2D eigenvalue weighted by molar-refractivity contribution is 6.31. The molecule has 154 valence electrons. The van der Waals surface area contributed by atoms with Crippen molar-refractivity contribution in [3.05, 3.63) is 70.7 Å². The lowest BCUT2D eigenvalue weighted by Crippen LogP contribution is -2.47. The Morgan fingerprint density at radius 2 is 1.79 bits per heavy atom. The minimum atomic E-state index is -0.298. The number of guanidine groups is 1. The highest BCUT2D eigenvalue weighted by Gasteiger charge is 2.27. The molecular weight excluding hydrogens is 388 g/mol. The van der Waals surface area contributed by atoms with E-state index in [2.05, 4.69) is 15.6 Å². The Balaban J connectivity index is 1.65. The summed E-state index contributed by atoms with van der Waals surface area (Å²) in [6.07, 6.45) is 0. The van der Waals surface area contributed by atoms with Gasteiger partial charge in [-0.25, -0.2) is 0 Å². The van der Waals surface area contributed by atoms with Gasteiger partial charge in [0.05, 0.1) is 19.1 Å². The molecule has 0 aliphatic carbocycles. The van der Waals surface area contributed by atoms with Crippen molar-refractivity contribution in [2.24, 2.45) is 4.99 Å². The highest BCUT2D eigenvalue weighted by atomic mass is 35.5. The van der Waals surface area contributed by atoms with Crippen molar-refractivity contribution < 1.29 is 9.53 Å². The van der Waals surface area contributed by atoms with Gasteiger partial charge in [0.2, 0.25) is 5.91 Å². The first-order valence-electron chi connectivity index (χ1n) is 9.78. The zero-order chi connectivity index (χ0) is 20.5. The average Bonchev–Trinajstić information content (AvgIpc) is 2.78. The molecule has 29 heavy (non-hydrogen) atoms. The van der Waals surface area contributed by atoms with Crippen molar-refractivity contribution in [2.45, 2.75) is 12.5 Å². The Morgan fingerprint density at radius 3 is 2.48 bits per heavy atom. The fourth-order valence-electron chi connectivity index (χ4n) is 3.28. The van der Waals surface area contributed by atoms with E-state index < -0.39 is 0 Å². The molecule has 0 saturated carbocycles. The first-order chi connectivity index (χ1) is 14.2. The van der Waals surface area contributed by atoms with E-state index in [1.165, 1.54) is 0 Å². The van der Waals surface area contributed by atoms with Gasteiger partial charge in [-0.2, -0.15) is 0 Å². The summed E-state index contributed by atoms with van der Waals surface area (Å²) in [5, 5.41) is 7.26. The Hall–Kier alpha value is -2.57. The number of benzene rings is 2. The summed E-state index contributed by atoms with van der Waals surface area (Å²) in [5.41, 5.74) is 1.97. The van der Waals surface area contributed by atoms with E-state index in [4.69, 9.17) is 16.3 Å². The summed E-state index contributed by atoms with van der Waals surface area (Å²) in [7, 11) is 1.71. The number of nitrogens with zero attached hydrogens (tertiary/aromatic N) is 2. The standard InChI is InChI=1S/C22H27ClN4O2/c1-24-22(25-15-18-9-5-6-10-20(18)23)26-16-19(17-7-3-2-4-8-17)21(28)27-11-13-29-14-12-27/h2-10,19H,11-16H2,1H3,(H2,24,25,26). The zero-order valence-corrected chi connectivity index (χ0v) is 17.4. The van der Waals surface area contributed by atoms with E-state index in [9.17, 15) is 4.79 Å². The van der Waals surface area contributed by atoms with Crippen molar-refractivity contribution in [1.29, 1.82) is 0 Å². The minimum Gasteiger partial charge on any atom is -0.378 e. The van der Waals surface area contributed by atoms with Gasteiger partial charge < -0.3 is 20.3 Å². The molecule has 0 spiro atoms. The van der Waals surface area contributed by atoms with Gasteiger partial charge in [-0.3, -0.25) is 9.79 Å². The molecule has 2 aromatic rings. The summed E-state index contributed by atoms with van der Waals surface area (Å²) < 4.78 is 5.39. The number of ether oxygens (including phenoxy) is 1. The lowest BCUT2D eigenvalue weighted by atomic mass is 9.97. The molecule has 1 aliphatic heterocycles. The molecule has 1 aliphatic rings. The number of carbonyl (C=O) groups excluding carboxylic acids is 1. The molecule has 3 rings (SSSR count). The van der Waals surface area contributed by atoms with Crippen LogP contribution < -0.4 is 10.6 Å². The van der Waals surface area contributed by atoms with E-state index in [0.29, 0.717) is 50.4 Å². The molecule has 2 aromatic carbocycles. The second-order valence-corrected chi connectivity index (χ2v) is 7.21. The van der Waals surface area contributed by atoms with Crippen molar-refractivity contribution in [3.8, 4) is 0 Å². The maximum atomic E-state index is 13.2. The van der Waals surface area contributed by atoms with Gasteiger partial charge in [0.15, 0.2) is 5.96 Å². The third kappa shape index (κ3) is 5.95. The maximum Gasteiger partial charge on any atom is 0.232 e. The van der Waals surface area contributed by atoms with Crippen LogP contribution in [0.3, 0.4) is 0 Å². The first kappa shape index (κ1) is 21.1. The van der Waals surface area contributed by atoms with Gasteiger partial charge >= 0.3 is 0 Å². The van der Waals surface area contributed by atoms with Crippen LogP contribution in [-0.4, -0.2) is 56.7 Å². The van der Waals surface area contributed by atoms with Crippen LogP contribution in [0.2, 0.25) is 5.02 Å². The Kier molecular flexibility index (Phi) is 7.90. The molecule has 1 saturated heterocycles. The smallest absolute Gasteiger partial charge is 0.232 e. The number of rotatable bonds is 6. The van der Waals surface area contributed by atoms with Crippen LogP contribution in [0.25, 0.3) is 0 Å². The molecule has 7 heteroatoms. The Labute approximate surface area is 176 Å². The molecule has 1 heterocycles. The topological polar surface area (TPSA) is 66.0 Å². The van der Waals surface area contributed by atoms with Crippen LogP contribution in [0.4, 0.5) is 0 Å². The summed E-state index contributed by atoms with van der Waals surface area (Å²) in [6, 6.07) is 17.5. The third-order valence-corrected chi connectivity index (χ3v) is 5.29. The molecule has 0 radical (unpaired) electrons. The van der Waals surface area contributed by atoms with Crippen molar-refractivity contribution in [2.75, 3.05) is 39.9 Å². The Morgan fingerprint density at radius 1 is 1.10 bits per heavy atom. The monoisotopic (exact) mass is 414 g/mol. The van der Waals surface area contributed by atoms with Gasteiger partial charge in [0, 0.05) is 38.2 Å². The summed E-state index contributed by atoms with van der Waals surface area (Å²) in [5.74, 6) is 0.433. The summed E-state index contributed by atoms with van der Waals surface area (Å²) in [4.78, 5) is 19.3. The lowest BCUT2D eigenvalue weighted by Gasteiger charge is -2.31. The number of morpholine rings is 1. The maximum absolute atomic E-state index is 13.2. The molecule has 1 atom stereocenters. The third-order valence-electron chi connectivity index (χ3n) is 4.92. The molecular formula is C22H27ClN4O2. The van der Waals surface area contributed by atoms with Gasteiger partial charge in [-0.15, -0.1) is 0 Å². The van der Waals surface area contributed by atoms with Gasteiger partial charge in [-0.05, 0) is 17.2 Å². The predicted octanol–water partition coefficient (Wildman–Crippen LogP) is 2.65. The van der Waals surface area contributed by atoms with Crippen LogP contribution >= 0.6 is 11.6 Å². The molecule has 0 bridgehead atoms. The number of hydrogen-bond donors (Lipinski definition) is 2. The number of nitrogens with one attached hydrogen (secondary N) is 2. The second-order valence-electron chi connectivity index (χ2n) is 6.80. The minimum absolute atomic E-state index is 0.105. The van der Waals surface area contributed by atoms with E-state index in [0.717, 1.165) is 11.1 Å². The van der Waals surface area contributed by atoms with Crippen LogP contribution in [0.1, 0.15) is 17.0 Å².